The Kier molecular flexibility index (Phi) is 5.64. The maximum absolute atomic E-state index is 11.8. The van der Waals surface area contributed by atoms with Gasteiger partial charge in [-0.1, -0.05) is 6.92 Å². The first kappa shape index (κ1) is 14.2. The zero-order valence-electron chi connectivity index (χ0n) is 8.90. The second-order valence-electron chi connectivity index (χ2n) is 3.68. The molecule has 0 aromatic carbocycles. The molecule has 0 aliphatic carbocycles. The molecular weight excluding hydrogens is 209 g/mol. The normalized spacial score (nSPS) is 15.9. The van der Waals surface area contributed by atoms with Gasteiger partial charge in [0.1, 0.15) is 0 Å². The van der Waals surface area contributed by atoms with Crippen molar-refractivity contribution in [3.63, 3.8) is 0 Å². The summed E-state index contributed by atoms with van der Waals surface area (Å²) >= 11 is 0. The van der Waals surface area contributed by atoms with Crippen molar-refractivity contribution in [1.82, 2.24) is 5.32 Å². The van der Waals surface area contributed by atoms with Crippen molar-refractivity contribution in [2.45, 2.75) is 38.9 Å². The Balaban J connectivity index is 3.84. The fourth-order valence-electron chi connectivity index (χ4n) is 0.928. The maximum atomic E-state index is 11.8. The molecule has 3 N–H and O–H groups in total. The molecule has 0 saturated heterocycles. The first-order chi connectivity index (χ1) is 6.76. The van der Waals surface area contributed by atoms with E-state index in [1.54, 1.807) is 6.92 Å². The topological polar surface area (TPSA) is 55.1 Å². The molecule has 0 heterocycles. The fourth-order valence-corrected chi connectivity index (χ4v) is 0.928. The second-order valence-corrected chi connectivity index (χ2v) is 3.68. The fraction of sp³-hybridized carbons (Fsp3) is 0.889. The van der Waals surface area contributed by atoms with Crippen molar-refractivity contribution >= 4 is 5.91 Å². The zero-order chi connectivity index (χ0) is 12.1. The second kappa shape index (κ2) is 5.95. The lowest BCUT2D eigenvalue weighted by molar-refractivity contribution is -0.144. The van der Waals surface area contributed by atoms with Gasteiger partial charge >= 0.3 is 6.18 Å². The lowest BCUT2D eigenvalue weighted by Gasteiger charge is -2.19. The van der Waals surface area contributed by atoms with E-state index in [4.69, 9.17) is 5.73 Å². The maximum Gasteiger partial charge on any atom is 0.389 e. The Bertz CT molecular complexity index is 206. The lowest BCUT2D eigenvalue weighted by atomic mass is 10.0. The number of halogens is 3. The van der Waals surface area contributed by atoms with Crippen LogP contribution in [0.2, 0.25) is 0 Å². The third-order valence-electron chi connectivity index (χ3n) is 2.25. The summed E-state index contributed by atoms with van der Waals surface area (Å²) in [5.41, 5.74) is 5.36. The monoisotopic (exact) mass is 226 g/mol. The van der Waals surface area contributed by atoms with Gasteiger partial charge in [0.15, 0.2) is 0 Å². The van der Waals surface area contributed by atoms with Crippen LogP contribution in [0.5, 0.6) is 0 Å². The Morgan fingerprint density at radius 3 is 2.33 bits per heavy atom. The minimum Gasteiger partial charge on any atom is -0.353 e. The SMILES string of the molecule is CC(CN)C(C)NC(=O)CCC(F)(F)F. The van der Waals surface area contributed by atoms with Gasteiger partial charge in [-0.05, 0) is 19.4 Å². The van der Waals surface area contributed by atoms with Crippen molar-refractivity contribution in [3.05, 3.63) is 0 Å². The summed E-state index contributed by atoms with van der Waals surface area (Å²) in [4.78, 5) is 11.1. The molecule has 0 fully saturated rings. The lowest BCUT2D eigenvalue weighted by Crippen LogP contribution is -2.40. The average molecular weight is 226 g/mol. The van der Waals surface area contributed by atoms with E-state index in [0.29, 0.717) is 6.54 Å². The van der Waals surface area contributed by atoms with E-state index in [1.165, 1.54) is 0 Å². The molecule has 0 aliphatic rings. The molecule has 15 heavy (non-hydrogen) atoms. The van der Waals surface area contributed by atoms with Crippen LogP contribution in [-0.4, -0.2) is 24.7 Å². The third kappa shape index (κ3) is 7.18. The Hall–Kier alpha value is -0.780. The Labute approximate surface area is 87.2 Å². The summed E-state index contributed by atoms with van der Waals surface area (Å²) in [6.45, 7) is 3.94. The van der Waals surface area contributed by atoms with E-state index >= 15 is 0 Å². The van der Waals surface area contributed by atoms with Gasteiger partial charge in [0.2, 0.25) is 5.91 Å². The van der Waals surface area contributed by atoms with Gasteiger partial charge in [0, 0.05) is 12.5 Å². The van der Waals surface area contributed by atoms with Crippen molar-refractivity contribution < 1.29 is 18.0 Å². The van der Waals surface area contributed by atoms with E-state index in [9.17, 15) is 18.0 Å². The number of rotatable bonds is 5. The summed E-state index contributed by atoms with van der Waals surface area (Å²) < 4.78 is 35.3. The highest BCUT2D eigenvalue weighted by Gasteiger charge is 2.28. The predicted molar refractivity (Wildman–Crippen MR) is 51.1 cm³/mol. The molecule has 2 atom stereocenters. The molecule has 90 valence electrons. The molecule has 0 spiro atoms. The van der Waals surface area contributed by atoms with E-state index in [2.05, 4.69) is 5.32 Å². The summed E-state index contributed by atoms with van der Waals surface area (Å²) in [6, 6.07) is -0.198. The number of hydrogen-bond donors (Lipinski definition) is 2. The molecule has 0 radical (unpaired) electrons. The van der Waals surface area contributed by atoms with Gasteiger partial charge < -0.3 is 11.1 Å². The number of nitrogens with two attached hydrogens (primary N) is 1. The molecular formula is C9H17F3N2O. The molecule has 2 unspecified atom stereocenters. The minimum atomic E-state index is -4.28. The number of carbonyl (C=O) groups excluding carboxylic acids is 1. The summed E-state index contributed by atoms with van der Waals surface area (Å²) in [7, 11) is 0. The Morgan fingerprint density at radius 2 is 1.93 bits per heavy atom. The van der Waals surface area contributed by atoms with Crippen LogP contribution >= 0.6 is 0 Å². The highest BCUT2D eigenvalue weighted by atomic mass is 19.4. The Morgan fingerprint density at radius 1 is 1.40 bits per heavy atom. The van der Waals surface area contributed by atoms with E-state index in [0.717, 1.165) is 0 Å². The highest BCUT2D eigenvalue weighted by Crippen LogP contribution is 2.21. The standard InChI is InChI=1S/C9H17F3N2O/c1-6(5-13)7(2)14-8(15)3-4-9(10,11)12/h6-7H,3-5,13H2,1-2H3,(H,14,15). The van der Waals surface area contributed by atoms with Gasteiger partial charge in [-0.3, -0.25) is 4.79 Å². The quantitative estimate of drug-likeness (QED) is 0.745. The summed E-state index contributed by atoms with van der Waals surface area (Å²) in [5, 5.41) is 2.48. The molecule has 1 amide bonds. The van der Waals surface area contributed by atoms with E-state index in [-0.39, 0.29) is 12.0 Å². The predicted octanol–water partition coefficient (Wildman–Crippen LogP) is 1.43. The van der Waals surface area contributed by atoms with Crippen molar-refractivity contribution in [1.29, 1.82) is 0 Å². The molecule has 3 nitrogen and oxygen atoms in total. The number of carbonyl (C=O) groups is 1. The molecule has 0 aromatic rings. The number of amides is 1. The molecule has 0 aromatic heterocycles. The molecule has 0 bridgehead atoms. The van der Waals surface area contributed by atoms with Crippen LogP contribution in [0, 0.1) is 5.92 Å². The zero-order valence-corrected chi connectivity index (χ0v) is 8.90. The number of hydrogen-bond acceptors (Lipinski definition) is 2. The van der Waals surface area contributed by atoms with Gasteiger partial charge in [0.25, 0.3) is 0 Å². The molecule has 0 aliphatic heterocycles. The summed E-state index contributed by atoms with van der Waals surface area (Å²) in [6.07, 6.45) is -5.88. The van der Waals surface area contributed by atoms with Crippen LogP contribution in [0.25, 0.3) is 0 Å². The average Bonchev–Trinajstić information content (AvgIpc) is 2.12. The van der Waals surface area contributed by atoms with Crippen LogP contribution < -0.4 is 11.1 Å². The van der Waals surface area contributed by atoms with Gasteiger partial charge in [-0.25, -0.2) is 0 Å². The van der Waals surface area contributed by atoms with Gasteiger partial charge in [0.05, 0.1) is 6.42 Å². The van der Waals surface area contributed by atoms with Gasteiger partial charge in [-0.15, -0.1) is 0 Å². The summed E-state index contributed by atoms with van der Waals surface area (Å²) in [5.74, 6) is -0.528. The van der Waals surface area contributed by atoms with Crippen LogP contribution in [0.1, 0.15) is 26.7 Å². The van der Waals surface area contributed by atoms with Gasteiger partial charge in [-0.2, -0.15) is 13.2 Å². The number of nitrogens with one attached hydrogen (secondary N) is 1. The van der Waals surface area contributed by atoms with Crippen LogP contribution in [0.4, 0.5) is 13.2 Å². The molecule has 0 saturated carbocycles. The van der Waals surface area contributed by atoms with E-state index < -0.39 is 24.9 Å². The number of alkyl halides is 3. The molecule has 0 rings (SSSR count). The van der Waals surface area contributed by atoms with Crippen molar-refractivity contribution in [2.75, 3.05) is 6.54 Å². The molecule has 6 heteroatoms. The van der Waals surface area contributed by atoms with Crippen molar-refractivity contribution in [3.8, 4) is 0 Å². The smallest absolute Gasteiger partial charge is 0.353 e. The van der Waals surface area contributed by atoms with Crippen LogP contribution in [-0.2, 0) is 4.79 Å². The third-order valence-corrected chi connectivity index (χ3v) is 2.25. The highest BCUT2D eigenvalue weighted by molar-refractivity contribution is 5.76. The largest absolute Gasteiger partial charge is 0.389 e. The van der Waals surface area contributed by atoms with Crippen molar-refractivity contribution in [2.24, 2.45) is 11.7 Å². The minimum absolute atomic E-state index is 0.0554. The first-order valence-electron chi connectivity index (χ1n) is 4.82. The van der Waals surface area contributed by atoms with E-state index in [1.807, 2.05) is 6.92 Å². The van der Waals surface area contributed by atoms with Crippen LogP contribution in [0.3, 0.4) is 0 Å². The van der Waals surface area contributed by atoms with Crippen LogP contribution in [0.15, 0.2) is 0 Å². The first-order valence-corrected chi connectivity index (χ1v) is 4.82.